The molecule has 0 bridgehead atoms. The summed E-state index contributed by atoms with van der Waals surface area (Å²) in [6, 6.07) is 11.3. The Hall–Kier alpha value is -2.28. The minimum Gasteiger partial charge on any atom is -0.329 e. The minimum absolute atomic E-state index is 0.437. The lowest BCUT2D eigenvalue weighted by atomic mass is 9.95. The average Bonchev–Trinajstić information content (AvgIpc) is 2.97. The van der Waals surface area contributed by atoms with Crippen LogP contribution < -0.4 is 0 Å². The Balaban J connectivity index is 1.66. The third-order valence-electron chi connectivity index (χ3n) is 5.86. The van der Waals surface area contributed by atoms with Crippen LogP contribution in [0.5, 0.6) is 0 Å². The second kappa shape index (κ2) is 7.99. The molecule has 4 rings (SSSR count). The van der Waals surface area contributed by atoms with Crippen LogP contribution in [0, 0.1) is 0 Å². The third kappa shape index (κ3) is 3.55. The molecule has 0 spiro atoms. The maximum Gasteiger partial charge on any atom is 0.152 e. The summed E-state index contributed by atoms with van der Waals surface area (Å²) < 4.78 is 2.15. The lowest BCUT2D eigenvalue weighted by molar-refractivity contribution is 0.137. The monoisotopic (exact) mass is 391 g/mol. The SMILES string of the molecule is CC1=C=C=CC(C)=C1c1nc(Cl)c(CN2CCCCC2c2ccccc2)n1C. The number of piperidine rings is 1. The van der Waals surface area contributed by atoms with Gasteiger partial charge < -0.3 is 4.57 Å². The molecule has 1 fully saturated rings. The van der Waals surface area contributed by atoms with Crippen molar-refractivity contribution in [3.8, 4) is 0 Å². The summed E-state index contributed by atoms with van der Waals surface area (Å²) in [4.78, 5) is 7.28. The Morgan fingerprint density at radius 1 is 1.18 bits per heavy atom. The quantitative estimate of drug-likeness (QED) is 0.610. The van der Waals surface area contributed by atoms with Gasteiger partial charge >= 0.3 is 0 Å². The van der Waals surface area contributed by atoms with Crippen LogP contribution in [0.15, 0.2) is 59.0 Å². The highest BCUT2D eigenvalue weighted by molar-refractivity contribution is 6.30. The normalized spacial score (nSPS) is 20.0. The van der Waals surface area contributed by atoms with Crippen molar-refractivity contribution >= 4 is 17.2 Å². The van der Waals surface area contributed by atoms with Gasteiger partial charge in [0.1, 0.15) is 5.82 Å². The van der Waals surface area contributed by atoms with Crippen LogP contribution >= 0.6 is 11.6 Å². The van der Waals surface area contributed by atoms with Crippen molar-refractivity contribution in [2.45, 2.75) is 45.7 Å². The zero-order valence-electron chi connectivity index (χ0n) is 16.8. The lowest BCUT2D eigenvalue weighted by Crippen LogP contribution is -2.33. The summed E-state index contributed by atoms with van der Waals surface area (Å²) in [5.74, 6) is 0.911. The van der Waals surface area contributed by atoms with Gasteiger partial charge in [0.05, 0.1) is 5.69 Å². The Morgan fingerprint density at radius 3 is 2.71 bits per heavy atom. The maximum atomic E-state index is 6.64. The Bertz CT molecular complexity index is 1020. The lowest BCUT2D eigenvalue weighted by Gasteiger charge is -2.36. The molecule has 28 heavy (non-hydrogen) atoms. The Morgan fingerprint density at radius 2 is 1.96 bits per heavy atom. The van der Waals surface area contributed by atoms with E-state index in [0.29, 0.717) is 11.2 Å². The molecule has 1 aromatic carbocycles. The first-order valence-corrected chi connectivity index (χ1v) is 10.3. The molecule has 2 aromatic rings. The highest BCUT2D eigenvalue weighted by atomic mass is 35.5. The summed E-state index contributed by atoms with van der Waals surface area (Å²) in [7, 11) is 2.07. The van der Waals surface area contributed by atoms with Crippen molar-refractivity contribution in [1.29, 1.82) is 0 Å². The van der Waals surface area contributed by atoms with E-state index in [1.165, 1.54) is 24.8 Å². The number of likely N-dealkylation sites (tertiary alicyclic amines) is 1. The highest BCUT2D eigenvalue weighted by Gasteiger charge is 2.27. The summed E-state index contributed by atoms with van der Waals surface area (Å²) >= 11 is 6.64. The van der Waals surface area contributed by atoms with E-state index in [1.54, 1.807) is 0 Å². The molecule has 1 aliphatic heterocycles. The topological polar surface area (TPSA) is 21.1 Å². The van der Waals surface area contributed by atoms with Crippen molar-refractivity contribution in [2.24, 2.45) is 7.05 Å². The fourth-order valence-corrected chi connectivity index (χ4v) is 4.61. The number of imidazole rings is 1. The van der Waals surface area contributed by atoms with Gasteiger partial charge in [0, 0.05) is 30.8 Å². The Kier molecular flexibility index (Phi) is 5.44. The number of benzene rings is 1. The molecule has 0 radical (unpaired) electrons. The van der Waals surface area contributed by atoms with Crippen LogP contribution in [-0.2, 0) is 13.6 Å². The van der Waals surface area contributed by atoms with Gasteiger partial charge in [0.25, 0.3) is 0 Å². The van der Waals surface area contributed by atoms with Crippen LogP contribution in [0.3, 0.4) is 0 Å². The van der Waals surface area contributed by atoms with E-state index in [1.807, 2.05) is 6.08 Å². The molecule has 4 heteroatoms. The van der Waals surface area contributed by atoms with E-state index in [-0.39, 0.29) is 0 Å². The van der Waals surface area contributed by atoms with Gasteiger partial charge in [0.15, 0.2) is 5.15 Å². The van der Waals surface area contributed by atoms with Gasteiger partial charge in [-0.1, -0.05) is 59.8 Å². The zero-order valence-corrected chi connectivity index (χ0v) is 17.6. The summed E-state index contributed by atoms with van der Waals surface area (Å²) in [5.41, 5.74) is 12.0. The standard InChI is InChI=1S/C24H26ClN3/c1-17-10-9-11-18(2)22(17)24-26-23(25)21(27(24)3)16-28-15-8-7-14-20(28)19-12-5-4-6-13-19/h4-6,10,12-13,20H,7-8,14-16H2,1-3H3. The average molecular weight is 392 g/mol. The molecule has 2 heterocycles. The molecule has 1 atom stereocenters. The molecule has 2 aliphatic rings. The molecule has 1 aliphatic carbocycles. The molecule has 0 amide bonds. The van der Waals surface area contributed by atoms with Crippen molar-refractivity contribution in [2.75, 3.05) is 6.54 Å². The van der Waals surface area contributed by atoms with Gasteiger partial charge in [-0.15, -0.1) is 0 Å². The third-order valence-corrected chi connectivity index (χ3v) is 6.16. The zero-order chi connectivity index (χ0) is 19.7. The largest absolute Gasteiger partial charge is 0.329 e. The van der Waals surface area contributed by atoms with Gasteiger partial charge in [-0.25, -0.2) is 4.98 Å². The molecule has 0 N–H and O–H groups in total. The Labute approximate surface area is 172 Å². The molecule has 3 nitrogen and oxygen atoms in total. The van der Waals surface area contributed by atoms with E-state index >= 15 is 0 Å². The molecular formula is C24H26ClN3. The van der Waals surface area contributed by atoms with Crippen LogP contribution in [0.25, 0.3) is 5.57 Å². The van der Waals surface area contributed by atoms with E-state index in [0.717, 1.165) is 41.3 Å². The van der Waals surface area contributed by atoms with Crippen molar-refractivity contribution in [3.05, 3.63) is 81.3 Å². The number of halogens is 1. The van der Waals surface area contributed by atoms with Crippen molar-refractivity contribution in [3.63, 3.8) is 0 Å². The van der Waals surface area contributed by atoms with Crippen molar-refractivity contribution < 1.29 is 0 Å². The van der Waals surface area contributed by atoms with Crippen LogP contribution in [0.2, 0.25) is 5.15 Å². The molecule has 1 unspecified atom stereocenters. The molecule has 0 saturated carbocycles. The summed E-state index contributed by atoms with van der Waals surface area (Å²) in [5, 5.41) is 0.599. The van der Waals surface area contributed by atoms with Gasteiger partial charge in [-0.05, 0) is 50.4 Å². The minimum atomic E-state index is 0.437. The van der Waals surface area contributed by atoms with Crippen molar-refractivity contribution in [1.82, 2.24) is 14.5 Å². The molecule has 1 aromatic heterocycles. The predicted octanol–water partition coefficient (Wildman–Crippen LogP) is 5.84. The van der Waals surface area contributed by atoms with Crippen LogP contribution in [-0.4, -0.2) is 21.0 Å². The molecular weight excluding hydrogens is 366 g/mol. The summed E-state index contributed by atoms with van der Waals surface area (Å²) in [6.45, 7) is 6.04. The fourth-order valence-electron chi connectivity index (χ4n) is 4.35. The fraction of sp³-hybridized carbons (Fsp3) is 0.375. The van der Waals surface area contributed by atoms with Crippen LogP contribution in [0.4, 0.5) is 0 Å². The number of hydrogen-bond donors (Lipinski definition) is 0. The second-order valence-electron chi connectivity index (χ2n) is 7.72. The van der Waals surface area contributed by atoms with E-state index in [2.05, 4.69) is 72.2 Å². The number of rotatable bonds is 4. The smallest absolute Gasteiger partial charge is 0.152 e. The van der Waals surface area contributed by atoms with Gasteiger partial charge in [-0.2, -0.15) is 0 Å². The molecule has 1 saturated heterocycles. The van der Waals surface area contributed by atoms with Gasteiger partial charge in [-0.3, -0.25) is 4.90 Å². The first-order valence-electron chi connectivity index (χ1n) is 9.96. The summed E-state index contributed by atoms with van der Waals surface area (Å²) in [6.07, 6.45) is 5.65. The first-order chi connectivity index (χ1) is 13.6. The number of aromatic nitrogens is 2. The van der Waals surface area contributed by atoms with E-state index in [9.17, 15) is 0 Å². The number of allylic oxidation sites excluding steroid dienone is 4. The first kappa shape index (κ1) is 19.1. The highest BCUT2D eigenvalue weighted by Crippen LogP contribution is 2.35. The van der Waals surface area contributed by atoms with E-state index < -0.39 is 0 Å². The second-order valence-corrected chi connectivity index (χ2v) is 8.08. The van der Waals surface area contributed by atoms with Crippen LogP contribution in [0.1, 0.15) is 56.2 Å². The maximum absolute atomic E-state index is 6.64. The van der Waals surface area contributed by atoms with E-state index in [4.69, 9.17) is 16.6 Å². The molecule has 144 valence electrons. The number of hydrogen-bond acceptors (Lipinski definition) is 2. The van der Waals surface area contributed by atoms with Gasteiger partial charge in [0.2, 0.25) is 0 Å². The number of nitrogens with zero attached hydrogens (tertiary/aromatic N) is 3. The predicted molar refractivity (Wildman–Crippen MR) is 115 cm³/mol.